The average Bonchev–Trinajstić information content (AvgIpc) is 2.01. The number of carbonyl (C=O) groups is 1. The number of carbonyl (C=O) groups excluding carboxylic acids is 1. The summed E-state index contributed by atoms with van der Waals surface area (Å²) < 4.78 is 31.1. The molecular formula is C8H16NNaO4S. The molecule has 1 unspecified atom stereocenters. The van der Waals surface area contributed by atoms with Crippen molar-refractivity contribution in [3.63, 3.8) is 0 Å². The van der Waals surface area contributed by atoms with E-state index in [-0.39, 0.29) is 29.6 Å². The fraction of sp³-hybridized carbons (Fsp3) is 0.625. The van der Waals surface area contributed by atoms with Crippen molar-refractivity contribution in [1.29, 1.82) is 0 Å². The third kappa shape index (κ3) is 4.24. The van der Waals surface area contributed by atoms with Crippen LogP contribution in [-0.2, 0) is 14.9 Å². The van der Waals surface area contributed by atoms with Gasteiger partial charge in [-0.05, 0) is 18.9 Å². The molecule has 0 heterocycles. The molecule has 0 saturated carbocycles. The third-order valence-electron chi connectivity index (χ3n) is 2.19. The molecule has 5 nitrogen and oxygen atoms in total. The standard InChI is InChI=1S/C8H15NO4S.Na.H/c1-5-7(10)9-8(4,6(2)3)14(11,12)13;;/h5-6H,1H2,2-4H3,(H,9,10)(H,11,12,13);;. The van der Waals surface area contributed by atoms with Crippen molar-refractivity contribution in [3.8, 4) is 0 Å². The van der Waals surface area contributed by atoms with Gasteiger partial charge in [-0.3, -0.25) is 9.35 Å². The second kappa shape index (κ2) is 6.00. The predicted molar refractivity (Wildman–Crippen MR) is 60.3 cm³/mol. The van der Waals surface area contributed by atoms with Gasteiger partial charge in [0.25, 0.3) is 10.1 Å². The van der Waals surface area contributed by atoms with E-state index in [0.717, 1.165) is 6.08 Å². The van der Waals surface area contributed by atoms with E-state index in [1.54, 1.807) is 13.8 Å². The molecule has 84 valence electrons. The molecule has 0 aliphatic carbocycles. The van der Waals surface area contributed by atoms with Gasteiger partial charge >= 0.3 is 29.6 Å². The summed E-state index contributed by atoms with van der Waals surface area (Å²) >= 11 is 0. The number of hydrogen-bond donors (Lipinski definition) is 2. The number of nitrogens with one attached hydrogen (secondary N) is 1. The van der Waals surface area contributed by atoms with Crippen LogP contribution in [0.3, 0.4) is 0 Å². The molecule has 0 spiro atoms. The predicted octanol–water partition coefficient (Wildman–Crippen LogP) is -0.0999. The van der Waals surface area contributed by atoms with Gasteiger partial charge in [-0.15, -0.1) is 0 Å². The van der Waals surface area contributed by atoms with E-state index in [2.05, 4.69) is 11.9 Å². The van der Waals surface area contributed by atoms with E-state index in [1.807, 2.05) is 0 Å². The maximum atomic E-state index is 11.1. The molecular weight excluding hydrogens is 229 g/mol. The van der Waals surface area contributed by atoms with Crippen LogP contribution in [0.4, 0.5) is 0 Å². The summed E-state index contributed by atoms with van der Waals surface area (Å²) in [6.07, 6.45) is 0.950. The van der Waals surface area contributed by atoms with Gasteiger partial charge in [0, 0.05) is 0 Å². The third-order valence-corrected chi connectivity index (χ3v) is 3.84. The SMILES string of the molecule is C=CC(=O)NC(C)(C(C)C)S(=O)(=O)O.[NaH]. The Labute approximate surface area is 112 Å². The average molecular weight is 245 g/mol. The first-order valence-electron chi connectivity index (χ1n) is 4.06. The molecule has 0 aromatic carbocycles. The minimum atomic E-state index is -4.35. The van der Waals surface area contributed by atoms with E-state index < -0.39 is 26.8 Å². The Bertz CT molecular complexity index is 339. The van der Waals surface area contributed by atoms with Crippen LogP contribution in [0.15, 0.2) is 12.7 Å². The zero-order valence-corrected chi connectivity index (χ0v) is 9.26. The molecule has 0 radical (unpaired) electrons. The van der Waals surface area contributed by atoms with Gasteiger partial charge in [0.1, 0.15) is 0 Å². The van der Waals surface area contributed by atoms with Crippen LogP contribution >= 0.6 is 0 Å². The van der Waals surface area contributed by atoms with Gasteiger partial charge in [0.05, 0.1) is 0 Å². The van der Waals surface area contributed by atoms with Gasteiger partial charge in [-0.1, -0.05) is 20.4 Å². The quantitative estimate of drug-likeness (QED) is 0.411. The Hall–Kier alpha value is 0.120. The van der Waals surface area contributed by atoms with Crippen molar-refractivity contribution in [3.05, 3.63) is 12.7 Å². The Balaban J connectivity index is 0. The Morgan fingerprint density at radius 1 is 1.53 bits per heavy atom. The van der Waals surface area contributed by atoms with Crippen molar-refractivity contribution in [2.75, 3.05) is 0 Å². The normalized spacial score (nSPS) is 15.0. The number of rotatable bonds is 4. The molecule has 0 aromatic heterocycles. The van der Waals surface area contributed by atoms with E-state index >= 15 is 0 Å². The van der Waals surface area contributed by atoms with Crippen LogP contribution < -0.4 is 5.32 Å². The molecule has 15 heavy (non-hydrogen) atoms. The Kier molecular flexibility index (Phi) is 7.01. The topological polar surface area (TPSA) is 83.5 Å². The summed E-state index contributed by atoms with van der Waals surface area (Å²) in [4.78, 5) is 9.29. The molecule has 0 aliphatic rings. The van der Waals surface area contributed by atoms with Gasteiger partial charge in [-0.2, -0.15) is 8.42 Å². The number of hydrogen-bond acceptors (Lipinski definition) is 3. The molecule has 0 aliphatic heterocycles. The van der Waals surface area contributed by atoms with Crippen LogP contribution in [0, 0.1) is 5.92 Å². The fourth-order valence-electron chi connectivity index (χ4n) is 0.802. The molecule has 0 fully saturated rings. The molecule has 0 bridgehead atoms. The van der Waals surface area contributed by atoms with Crippen molar-refractivity contribution in [1.82, 2.24) is 5.32 Å². The zero-order valence-electron chi connectivity index (χ0n) is 8.44. The second-order valence-electron chi connectivity index (χ2n) is 3.43. The van der Waals surface area contributed by atoms with Crippen molar-refractivity contribution >= 4 is 45.6 Å². The van der Waals surface area contributed by atoms with E-state index in [9.17, 15) is 13.2 Å². The first kappa shape index (κ1) is 17.5. The maximum absolute atomic E-state index is 11.1. The minimum absolute atomic E-state index is 0. The molecule has 0 aromatic rings. The molecule has 1 atom stereocenters. The molecule has 1 amide bonds. The first-order valence-corrected chi connectivity index (χ1v) is 5.50. The van der Waals surface area contributed by atoms with Gasteiger partial charge in [0.2, 0.25) is 5.91 Å². The molecule has 7 heteroatoms. The Morgan fingerprint density at radius 3 is 2.13 bits per heavy atom. The van der Waals surface area contributed by atoms with E-state index in [4.69, 9.17) is 4.55 Å². The van der Waals surface area contributed by atoms with Crippen LogP contribution in [0.25, 0.3) is 0 Å². The first-order chi connectivity index (χ1) is 6.15. The van der Waals surface area contributed by atoms with Crippen LogP contribution in [0.2, 0.25) is 0 Å². The Morgan fingerprint density at radius 2 is 1.93 bits per heavy atom. The summed E-state index contributed by atoms with van der Waals surface area (Å²) in [5, 5.41) is 2.19. The molecule has 2 N–H and O–H groups in total. The molecule has 0 saturated heterocycles. The van der Waals surface area contributed by atoms with Crippen LogP contribution in [0.1, 0.15) is 20.8 Å². The van der Waals surface area contributed by atoms with E-state index in [1.165, 1.54) is 6.92 Å². The summed E-state index contributed by atoms with van der Waals surface area (Å²) in [5.74, 6) is -1.10. The van der Waals surface area contributed by atoms with E-state index in [0.29, 0.717) is 0 Å². The van der Waals surface area contributed by atoms with Crippen LogP contribution in [-0.4, -0.2) is 53.3 Å². The second-order valence-corrected chi connectivity index (χ2v) is 5.23. The van der Waals surface area contributed by atoms with Crippen molar-refractivity contribution in [2.24, 2.45) is 5.92 Å². The van der Waals surface area contributed by atoms with Gasteiger partial charge < -0.3 is 5.32 Å². The van der Waals surface area contributed by atoms with Gasteiger partial charge in [-0.25, -0.2) is 0 Å². The van der Waals surface area contributed by atoms with Crippen molar-refractivity contribution in [2.45, 2.75) is 25.6 Å². The summed E-state index contributed by atoms with van der Waals surface area (Å²) in [6.45, 7) is 7.60. The summed E-state index contributed by atoms with van der Waals surface area (Å²) in [6, 6.07) is 0. The molecule has 0 rings (SSSR count). The summed E-state index contributed by atoms with van der Waals surface area (Å²) in [7, 11) is -4.35. The fourth-order valence-corrected chi connectivity index (χ4v) is 1.63. The zero-order chi connectivity index (χ0) is 11.6. The van der Waals surface area contributed by atoms with Crippen LogP contribution in [0.5, 0.6) is 0 Å². The summed E-state index contributed by atoms with van der Waals surface area (Å²) in [5.41, 5.74) is 0. The monoisotopic (exact) mass is 245 g/mol. The van der Waals surface area contributed by atoms with Crippen molar-refractivity contribution < 1.29 is 17.8 Å². The van der Waals surface area contributed by atoms with Gasteiger partial charge in [0.15, 0.2) is 4.87 Å². The number of amides is 1.